The summed E-state index contributed by atoms with van der Waals surface area (Å²) in [6.45, 7) is 5.49. The van der Waals surface area contributed by atoms with Gasteiger partial charge in [0.1, 0.15) is 0 Å². The Labute approximate surface area is 113 Å². The topological polar surface area (TPSA) is 46.5 Å². The van der Waals surface area contributed by atoms with Gasteiger partial charge < -0.3 is 9.84 Å². The van der Waals surface area contributed by atoms with Crippen LogP contribution in [0.4, 0.5) is 0 Å². The molecular formula is C14H19ClO3. The molecule has 3 nitrogen and oxygen atoms in total. The summed E-state index contributed by atoms with van der Waals surface area (Å²) in [7, 11) is 1.48. The number of Topliss-reactive ketones (excluding diaryl/α,β-unsaturated/α-hetero) is 1. The molecule has 0 aliphatic rings. The van der Waals surface area contributed by atoms with Gasteiger partial charge in [0.05, 0.1) is 12.5 Å². The number of phenols is 1. The molecule has 0 aliphatic carbocycles. The average Bonchev–Trinajstić information content (AvgIpc) is 2.29. The number of halogens is 1. The Morgan fingerprint density at radius 2 is 2.06 bits per heavy atom. The van der Waals surface area contributed by atoms with Crippen molar-refractivity contribution in [1.82, 2.24) is 0 Å². The van der Waals surface area contributed by atoms with Crippen molar-refractivity contribution in [2.24, 2.45) is 5.41 Å². The lowest BCUT2D eigenvalue weighted by Gasteiger charge is -2.20. The van der Waals surface area contributed by atoms with Crippen molar-refractivity contribution in [3.05, 3.63) is 23.8 Å². The van der Waals surface area contributed by atoms with E-state index in [0.29, 0.717) is 17.7 Å². The van der Waals surface area contributed by atoms with Crippen LogP contribution in [-0.2, 0) is 11.2 Å². The van der Waals surface area contributed by atoms with Gasteiger partial charge in [0.15, 0.2) is 17.3 Å². The molecule has 0 amide bonds. The van der Waals surface area contributed by atoms with E-state index >= 15 is 0 Å². The summed E-state index contributed by atoms with van der Waals surface area (Å²) in [5.74, 6) is 0.401. The monoisotopic (exact) mass is 270 g/mol. The van der Waals surface area contributed by atoms with E-state index in [-0.39, 0.29) is 11.5 Å². The van der Waals surface area contributed by atoms with E-state index in [9.17, 15) is 9.90 Å². The van der Waals surface area contributed by atoms with Crippen LogP contribution in [0.2, 0.25) is 0 Å². The molecule has 1 atom stereocenters. The van der Waals surface area contributed by atoms with Gasteiger partial charge in [-0.3, -0.25) is 4.79 Å². The fourth-order valence-corrected chi connectivity index (χ4v) is 2.15. The fourth-order valence-electron chi connectivity index (χ4n) is 1.65. The molecule has 0 saturated carbocycles. The quantitative estimate of drug-likeness (QED) is 0.855. The normalized spacial score (nSPS) is 13.2. The minimum Gasteiger partial charge on any atom is -0.504 e. The average molecular weight is 271 g/mol. The highest BCUT2D eigenvalue weighted by atomic mass is 35.5. The molecule has 1 unspecified atom stereocenters. The van der Waals surface area contributed by atoms with Gasteiger partial charge in [-0.25, -0.2) is 0 Å². The summed E-state index contributed by atoms with van der Waals surface area (Å²) in [6, 6.07) is 5.16. The third-order valence-electron chi connectivity index (χ3n) is 2.73. The summed E-state index contributed by atoms with van der Waals surface area (Å²) >= 11 is 6.12. The predicted molar refractivity (Wildman–Crippen MR) is 72.5 cm³/mol. The van der Waals surface area contributed by atoms with Crippen LogP contribution < -0.4 is 4.74 Å². The summed E-state index contributed by atoms with van der Waals surface area (Å²) < 4.78 is 5.02. The van der Waals surface area contributed by atoms with E-state index in [2.05, 4.69) is 0 Å². The standard InChI is InChI=1S/C14H19ClO3/c1-14(2,3)13(17)10(15)8-9-6-5-7-11(18-4)12(9)16/h5-7,10,16H,8H2,1-4H3. The van der Waals surface area contributed by atoms with Crippen molar-refractivity contribution >= 4 is 17.4 Å². The Bertz CT molecular complexity index is 435. The highest BCUT2D eigenvalue weighted by molar-refractivity contribution is 6.31. The van der Waals surface area contributed by atoms with E-state index in [1.165, 1.54) is 7.11 Å². The summed E-state index contributed by atoms with van der Waals surface area (Å²) in [6.07, 6.45) is 0.292. The van der Waals surface area contributed by atoms with Crippen molar-refractivity contribution in [2.45, 2.75) is 32.6 Å². The Morgan fingerprint density at radius 1 is 1.44 bits per heavy atom. The van der Waals surface area contributed by atoms with Crippen LogP contribution in [0.25, 0.3) is 0 Å². The number of rotatable bonds is 4. The number of para-hydroxylation sites is 1. The number of benzene rings is 1. The second-order valence-electron chi connectivity index (χ2n) is 5.25. The molecule has 1 aromatic carbocycles. The van der Waals surface area contributed by atoms with Gasteiger partial charge in [0.2, 0.25) is 0 Å². The lowest BCUT2D eigenvalue weighted by Crippen LogP contribution is -2.30. The van der Waals surface area contributed by atoms with E-state index < -0.39 is 10.8 Å². The van der Waals surface area contributed by atoms with Crippen LogP contribution >= 0.6 is 11.6 Å². The number of ether oxygens (including phenoxy) is 1. The molecule has 1 rings (SSSR count). The summed E-state index contributed by atoms with van der Waals surface area (Å²) in [5, 5.41) is 9.28. The SMILES string of the molecule is COc1cccc(CC(Cl)C(=O)C(C)(C)C)c1O. The van der Waals surface area contributed by atoms with Crippen LogP contribution in [-0.4, -0.2) is 23.4 Å². The Kier molecular flexibility index (Phi) is 4.63. The van der Waals surface area contributed by atoms with Crippen molar-refractivity contribution in [2.75, 3.05) is 7.11 Å². The molecule has 0 fully saturated rings. The molecule has 1 N–H and O–H groups in total. The molecule has 0 aliphatic heterocycles. The number of methoxy groups -OCH3 is 1. The van der Waals surface area contributed by atoms with Gasteiger partial charge in [-0.2, -0.15) is 0 Å². The maximum absolute atomic E-state index is 12.0. The third kappa shape index (κ3) is 3.39. The molecule has 4 heteroatoms. The van der Waals surface area contributed by atoms with Crippen molar-refractivity contribution < 1.29 is 14.6 Å². The third-order valence-corrected chi connectivity index (χ3v) is 3.08. The molecular weight excluding hydrogens is 252 g/mol. The van der Waals surface area contributed by atoms with Gasteiger partial charge >= 0.3 is 0 Å². The van der Waals surface area contributed by atoms with Gasteiger partial charge in [-0.15, -0.1) is 11.6 Å². The Hall–Kier alpha value is -1.22. The van der Waals surface area contributed by atoms with Crippen LogP contribution in [0.1, 0.15) is 26.3 Å². The van der Waals surface area contributed by atoms with Crippen molar-refractivity contribution in [3.8, 4) is 11.5 Å². The van der Waals surface area contributed by atoms with Crippen LogP contribution in [0.5, 0.6) is 11.5 Å². The van der Waals surface area contributed by atoms with Gasteiger partial charge in [-0.05, 0) is 18.1 Å². The zero-order valence-electron chi connectivity index (χ0n) is 11.2. The zero-order chi connectivity index (χ0) is 13.9. The lowest BCUT2D eigenvalue weighted by atomic mass is 9.87. The maximum atomic E-state index is 12.0. The number of alkyl halides is 1. The molecule has 0 heterocycles. The molecule has 0 saturated heterocycles. The number of carbonyl (C=O) groups is 1. The molecule has 1 aromatic rings. The Balaban J connectivity index is 2.89. The first-order valence-corrected chi connectivity index (χ1v) is 6.24. The van der Waals surface area contributed by atoms with Crippen LogP contribution in [0, 0.1) is 5.41 Å². The lowest BCUT2D eigenvalue weighted by molar-refractivity contribution is -0.125. The zero-order valence-corrected chi connectivity index (χ0v) is 11.9. The van der Waals surface area contributed by atoms with E-state index in [4.69, 9.17) is 16.3 Å². The van der Waals surface area contributed by atoms with Gasteiger partial charge in [0, 0.05) is 5.41 Å². The minimum atomic E-state index is -0.650. The first kappa shape index (κ1) is 14.8. The smallest absolute Gasteiger partial charge is 0.160 e. The first-order valence-electron chi connectivity index (χ1n) is 5.80. The number of hydrogen-bond acceptors (Lipinski definition) is 3. The molecule has 0 spiro atoms. The number of aromatic hydroxyl groups is 1. The number of carbonyl (C=O) groups excluding carboxylic acids is 1. The number of ketones is 1. The summed E-state index contributed by atoms with van der Waals surface area (Å²) in [4.78, 5) is 12.0. The Morgan fingerprint density at radius 3 is 2.56 bits per heavy atom. The largest absolute Gasteiger partial charge is 0.504 e. The van der Waals surface area contributed by atoms with Crippen LogP contribution in [0.3, 0.4) is 0 Å². The molecule has 0 radical (unpaired) electrons. The van der Waals surface area contributed by atoms with Gasteiger partial charge in [0.25, 0.3) is 0 Å². The molecule has 0 aromatic heterocycles. The van der Waals surface area contributed by atoms with E-state index in [1.54, 1.807) is 18.2 Å². The minimum absolute atomic E-state index is 0.0358. The number of phenolic OH excluding ortho intramolecular Hbond substituents is 1. The fraction of sp³-hybridized carbons (Fsp3) is 0.500. The second-order valence-corrected chi connectivity index (χ2v) is 5.78. The van der Waals surface area contributed by atoms with Gasteiger partial charge in [-0.1, -0.05) is 32.9 Å². The van der Waals surface area contributed by atoms with Crippen LogP contribution in [0.15, 0.2) is 18.2 Å². The van der Waals surface area contributed by atoms with Crippen molar-refractivity contribution in [3.63, 3.8) is 0 Å². The van der Waals surface area contributed by atoms with Crippen molar-refractivity contribution in [1.29, 1.82) is 0 Å². The van der Waals surface area contributed by atoms with E-state index in [1.807, 2.05) is 20.8 Å². The highest BCUT2D eigenvalue weighted by Crippen LogP contribution is 2.32. The predicted octanol–water partition coefficient (Wildman–Crippen LogP) is 3.17. The maximum Gasteiger partial charge on any atom is 0.160 e. The molecule has 100 valence electrons. The molecule has 18 heavy (non-hydrogen) atoms. The summed E-state index contributed by atoms with van der Waals surface area (Å²) in [5.41, 5.74) is 0.132. The highest BCUT2D eigenvalue weighted by Gasteiger charge is 2.29. The molecule has 0 bridgehead atoms. The first-order chi connectivity index (χ1) is 8.27. The van der Waals surface area contributed by atoms with E-state index in [0.717, 1.165) is 0 Å². The number of hydrogen-bond donors (Lipinski definition) is 1. The second kappa shape index (κ2) is 5.61.